The van der Waals surface area contributed by atoms with Crippen molar-refractivity contribution >= 4 is 24.1 Å². The molecule has 0 radical (unpaired) electrons. The van der Waals surface area contributed by atoms with Gasteiger partial charge in [-0.1, -0.05) is 60.7 Å². The Morgan fingerprint density at radius 2 is 1.62 bits per heavy atom. The van der Waals surface area contributed by atoms with Crippen molar-refractivity contribution in [3.8, 4) is 11.1 Å². The van der Waals surface area contributed by atoms with E-state index in [1.165, 1.54) is 18.2 Å². The number of amides is 1. The lowest BCUT2D eigenvalue weighted by atomic mass is 9.98. The van der Waals surface area contributed by atoms with E-state index in [1.54, 1.807) is 12.2 Å². The first-order valence-electron chi connectivity index (χ1n) is 10.1. The monoisotopic (exact) mass is 428 g/mol. The highest BCUT2D eigenvalue weighted by atomic mass is 16.6. The summed E-state index contributed by atoms with van der Waals surface area (Å²) >= 11 is 0. The molecule has 7 heteroatoms. The van der Waals surface area contributed by atoms with Crippen molar-refractivity contribution in [1.29, 1.82) is 0 Å². The van der Waals surface area contributed by atoms with Crippen LogP contribution in [-0.4, -0.2) is 30.5 Å². The Labute approximate surface area is 184 Å². The molecule has 0 bridgehead atoms. The molecule has 0 saturated heterocycles. The molecule has 0 saturated carbocycles. The van der Waals surface area contributed by atoms with E-state index in [-0.39, 0.29) is 30.3 Å². The van der Waals surface area contributed by atoms with Crippen LogP contribution in [0.4, 0.5) is 10.5 Å². The molecule has 3 aromatic carbocycles. The highest BCUT2D eigenvalue weighted by molar-refractivity contribution is 5.79. The second-order valence-corrected chi connectivity index (χ2v) is 7.34. The number of benzene rings is 3. The number of alkyl carbamates (subject to hydrolysis) is 1. The number of nitro groups is 1. The average molecular weight is 428 g/mol. The number of nitrogens with one attached hydrogen (secondary N) is 1. The minimum Gasteiger partial charge on any atom is -0.449 e. The quantitative estimate of drug-likeness (QED) is 0.326. The van der Waals surface area contributed by atoms with Gasteiger partial charge in [-0.25, -0.2) is 4.79 Å². The smallest absolute Gasteiger partial charge is 0.407 e. The van der Waals surface area contributed by atoms with E-state index in [1.807, 2.05) is 24.3 Å². The molecule has 160 valence electrons. The van der Waals surface area contributed by atoms with Crippen molar-refractivity contribution in [3.05, 3.63) is 105 Å². The number of hydrogen-bond acceptors (Lipinski definition) is 5. The molecule has 0 atom stereocenters. The maximum atomic E-state index is 12.2. The summed E-state index contributed by atoms with van der Waals surface area (Å²) in [5.41, 5.74) is 5.13. The zero-order valence-corrected chi connectivity index (χ0v) is 17.1. The summed E-state index contributed by atoms with van der Waals surface area (Å²) in [5, 5.41) is 13.6. The van der Waals surface area contributed by atoms with Crippen LogP contribution in [0.2, 0.25) is 0 Å². The van der Waals surface area contributed by atoms with Gasteiger partial charge in [0.05, 0.1) is 4.92 Å². The lowest BCUT2D eigenvalue weighted by Crippen LogP contribution is -2.26. The van der Waals surface area contributed by atoms with Gasteiger partial charge < -0.3 is 10.1 Å². The zero-order valence-electron chi connectivity index (χ0n) is 17.1. The molecule has 7 nitrogen and oxygen atoms in total. The number of hydrogen-bond donors (Lipinski definition) is 1. The van der Waals surface area contributed by atoms with E-state index in [4.69, 9.17) is 4.74 Å². The van der Waals surface area contributed by atoms with Crippen molar-refractivity contribution in [3.63, 3.8) is 0 Å². The number of non-ortho nitro benzene ring substituents is 1. The van der Waals surface area contributed by atoms with Crippen LogP contribution in [0.1, 0.15) is 33.0 Å². The van der Waals surface area contributed by atoms with Crippen LogP contribution >= 0.6 is 0 Å². The summed E-state index contributed by atoms with van der Waals surface area (Å²) < 4.78 is 5.46. The molecular formula is C25H20N2O5. The van der Waals surface area contributed by atoms with Crippen LogP contribution < -0.4 is 5.32 Å². The van der Waals surface area contributed by atoms with Gasteiger partial charge in [-0.3, -0.25) is 14.9 Å². The van der Waals surface area contributed by atoms with Gasteiger partial charge in [0, 0.05) is 30.2 Å². The van der Waals surface area contributed by atoms with Crippen molar-refractivity contribution in [2.24, 2.45) is 0 Å². The molecule has 1 aliphatic carbocycles. The standard InChI is InChI=1S/C25H20N2O5/c28-15-18-12-17(13-19(14-18)27(30)31)6-5-11-26-25(29)32-16-24-22-9-3-1-7-20(22)21-8-2-4-10-23(21)24/h1-10,12-15,24H,11,16H2,(H,26,29). The minimum atomic E-state index is -0.556. The molecular weight excluding hydrogens is 408 g/mol. The highest BCUT2D eigenvalue weighted by Gasteiger charge is 2.28. The van der Waals surface area contributed by atoms with Gasteiger partial charge in [0.25, 0.3) is 5.69 Å². The van der Waals surface area contributed by atoms with Crippen LogP contribution in [0.3, 0.4) is 0 Å². The molecule has 4 rings (SSSR count). The van der Waals surface area contributed by atoms with Crippen molar-refractivity contribution in [1.82, 2.24) is 5.32 Å². The second kappa shape index (κ2) is 9.26. The number of nitro benzene ring substituents is 1. The average Bonchev–Trinajstić information content (AvgIpc) is 3.14. The summed E-state index contributed by atoms with van der Waals surface area (Å²) in [4.78, 5) is 33.6. The Morgan fingerprint density at radius 3 is 2.25 bits per heavy atom. The lowest BCUT2D eigenvalue weighted by Gasteiger charge is -2.14. The summed E-state index contributed by atoms with van der Waals surface area (Å²) in [6.07, 6.45) is 3.24. The van der Waals surface area contributed by atoms with E-state index in [2.05, 4.69) is 29.6 Å². The fraction of sp³-hybridized carbons (Fsp3) is 0.120. The van der Waals surface area contributed by atoms with Crippen LogP contribution in [0.5, 0.6) is 0 Å². The topological polar surface area (TPSA) is 98.5 Å². The molecule has 1 N–H and O–H groups in total. The first-order chi connectivity index (χ1) is 15.6. The SMILES string of the molecule is O=Cc1cc(C=CCNC(=O)OCC2c3ccccc3-c3ccccc32)cc([N+](=O)[O-])c1. The third-order valence-electron chi connectivity index (χ3n) is 5.33. The molecule has 0 aromatic heterocycles. The fourth-order valence-corrected chi connectivity index (χ4v) is 3.92. The molecule has 0 heterocycles. The third-order valence-corrected chi connectivity index (χ3v) is 5.33. The van der Waals surface area contributed by atoms with Gasteiger partial charge in [-0.15, -0.1) is 0 Å². The van der Waals surface area contributed by atoms with E-state index < -0.39 is 11.0 Å². The number of carbonyl (C=O) groups excluding carboxylic acids is 2. The normalized spacial score (nSPS) is 12.2. The van der Waals surface area contributed by atoms with Gasteiger partial charge in [0.2, 0.25) is 0 Å². The molecule has 0 fully saturated rings. The van der Waals surface area contributed by atoms with Gasteiger partial charge >= 0.3 is 6.09 Å². The number of rotatable bonds is 7. The van der Waals surface area contributed by atoms with Gasteiger partial charge in [0.1, 0.15) is 12.9 Å². The van der Waals surface area contributed by atoms with Crippen LogP contribution in [0.15, 0.2) is 72.8 Å². The van der Waals surface area contributed by atoms with E-state index in [0.29, 0.717) is 11.8 Å². The number of nitrogens with zero attached hydrogens (tertiary/aromatic N) is 1. The van der Waals surface area contributed by atoms with Crippen LogP contribution in [0.25, 0.3) is 17.2 Å². The molecule has 32 heavy (non-hydrogen) atoms. The van der Waals surface area contributed by atoms with Crippen molar-refractivity contribution in [2.45, 2.75) is 5.92 Å². The zero-order chi connectivity index (χ0) is 22.5. The largest absolute Gasteiger partial charge is 0.449 e. The molecule has 0 unspecified atom stereocenters. The molecule has 0 spiro atoms. The Morgan fingerprint density at radius 1 is 1.00 bits per heavy atom. The lowest BCUT2D eigenvalue weighted by molar-refractivity contribution is -0.384. The van der Waals surface area contributed by atoms with Crippen molar-refractivity contribution < 1.29 is 19.2 Å². The third kappa shape index (κ3) is 4.41. The first kappa shape index (κ1) is 21.0. The Kier molecular flexibility index (Phi) is 6.07. The predicted octanol–water partition coefficient (Wildman–Crippen LogP) is 4.96. The maximum Gasteiger partial charge on any atom is 0.407 e. The minimum absolute atomic E-state index is 0.0182. The maximum absolute atomic E-state index is 12.2. The Hall–Kier alpha value is -4.26. The fourth-order valence-electron chi connectivity index (χ4n) is 3.92. The van der Waals surface area contributed by atoms with Gasteiger partial charge in [-0.2, -0.15) is 0 Å². The highest BCUT2D eigenvalue weighted by Crippen LogP contribution is 2.44. The molecule has 0 aliphatic heterocycles. The molecule has 3 aromatic rings. The van der Waals surface area contributed by atoms with Crippen molar-refractivity contribution in [2.75, 3.05) is 13.2 Å². The van der Waals surface area contributed by atoms with E-state index in [0.717, 1.165) is 22.3 Å². The number of fused-ring (bicyclic) bond motifs is 3. The van der Waals surface area contributed by atoms with Gasteiger partial charge in [0.15, 0.2) is 0 Å². The second-order valence-electron chi connectivity index (χ2n) is 7.34. The number of ether oxygens (including phenoxy) is 1. The Bertz CT molecular complexity index is 1170. The molecule has 1 aliphatic rings. The number of aldehydes is 1. The summed E-state index contributed by atoms with van der Waals surface area (Å²) in [6.45, 7) is 0.396. The summed E-state index contributed by atoms with van der Waals surface area (Å²) in [7, 11) is 0. The Balaban J connectivity index is 1.34. The number of carbonyl (C=O) groups is 2. The summed E-state index contributed by atoms with van der Waals surface area (Å²) in [6, 6.07) is 20.3. The molecule has 1 amide bonds. The van der Waals surface area contributed by atoms with Crippen LogP contribution in [0, 0.1) is 10.1 Å². The predicted molar refractivity (Wildman–Crippen MR) is 121 cm³/mol. The van der Waals surface area contributed by atoms with Crippen LogP contribution in [-0.2, 0) is 4.74 Å². The van der Waals surface area contributed by atoms with E-state index >= 15 is 0 Å². The summed E-state index contributed by atoms with van der Waals surface area (Å²) in [5.74, 6) is -0.0182. The first-order valence-corrected chi connectivity index (χ1v) is 10.1. The van der Waals surface area contributed by atoms with E-state index in [9.17, 15) is 19.7 Å². The van der Waals surface area contributed by atoms with Gasteiger partial charge in [-0.05, 0) is 33.9 Å².